The van der Waals surface area contributed by atoms with Gasteiger partial charge in [0.25, 0.3) is 0 Å². The molecule has 0 radical (unpaired) electrons. The fourth-order valence-corrected chi connectivity index (χ4v) is 2.72. The Morgan fingerprint density at radius 3 is 2.39 bits per heavy atom. The minimum atomic E-state index is -1.23. The molecule has 1 atom stereocenters. The first-order valence-electron chi connectivity index (χ1n) is 7.38. The van der Waals surface area contributed by atoms with Crippen LogP contribution in [0.3, 0.4) is 0 Å². The highest BCUT2D eigenvalue weighted by molar-refractivity contribution is 5.96. The summed E-state index contributed by atoms with van der Waals surface area (Å²) in [6.07, 6.45) is 0.433. The monoisotopic (exact) mass is 319 g/mol. The predicted octanol–water partition coefficient (Wildman–Crippen LogP) is 1.47. The van der Waals surface area contributed by atoms with Crippen molar-refractivity contribution in [2.45, 2.75) is 25.2 Å². The van der Waals surface area contributed by atoms with Crippen molar-refractivity contribution in [1.82, 2.24) is 4.90 Å². The van der Waals surface area contributed by atoms with Crippen molar-refractivity contribution in [3.8, 4) is 5.75 Å². The molecule has 1 fully saturated rings. The van der Waals surface area contributed by atoms with Crippen LogP contribution in [0.25, 0.3) is 5.57 Å². The van der Waals surface area contributed by atoms with E-state index in [0.29, 0.717) is 42.8 Å². The highest BCUT2D eigenvalue weighted by Gasteiger charge is 2.25. The van der Waals surface area contributed by atoms with Crippen LogP contribution in [0.15, 0.2) is 30.3 Å². The SMILES string of the molecule is O=C1C=C(c2ccc(OC3CCN(C(=O)O)CC3)cc2)C(O)O1. The second-order valence-electron chi connectivity index (χ2n) is 5.50. The minimum absolute atomic E-state index is 0.0161. The van der Waals surface area contributed by atoms with E-state index in [4.69, 9.17) is 9.84 Å². The lowest BCUT2D eigenvalue weighted by Gasteiger charge is -2.30. The molecule has 7 nitrogen and oxygen atoms in total. The number of likely N-dealkylation sites (tertiary alicyclic amines) is 1. The predicted molar refractivity (Wildman–Crippen MR) is 79.8 cm³/mol. The molecule has 2 aliphatic heterocycles. The fourth-order valence-electron chi connectivity index (χ4n) is 2.72. The lowest BCUT2D eigenvalue weighted by Crippen LogP contribution is -2.41. The first-order valence-corrected chi connectivity index (χ1v) is 7.38. The lowest BCUT2D eigenvalue weighted by atomic mass is 10.1. The van der Waals surface area contributed by atoms with Crippen LogP contribution < -0.4 is 4.74 Å². The molecule has 0 aromatic heterocycles. The van der Waals surface area contributed by atoms with Gasteiger partial charge in [-0.2, -0.15) is 0 Å². The van der Waals surface area contributed by atoms with Gasteiger partial charge < -0.3 is 24.6 Å². The Hall–Kier alpha value is -2.54. The molecule has 7 heteroatoms. The number of esters is 1. The van der Waals surface area contributed by atoms with Crippen LogP contribution >= 0.6 is 0 Å². The van der Waals surface area contributed by atoms with Crippen molar-refractivity contribution < 1.29 is 29.3 Å². The zero-order valence-corrected chi connectivity index (χ0v) is 12.3. The fraction of sp³-hybridized carbons (Fsp3) is 0.375. The summed E-state index contributed by atoms with van der Waals surface area (Å²) in [5.74, 6) is 0.112. The molecule has 0 saturated carbocycles. The minimum Gasteiger partial charge on any atom is -0.490 e. The Bertz CT molecular complexity index is 630. The zero-order valence-electron chi connectivity index (χ0n) is 12.3. The van der Waals surface area contributed by atoms with Gasteiger partial charge in [0.15, 0.2) is 0 Å². The molecule has 23 heavy (non-hydrogen) atoms. The van der Waals surface area contributed by atoms with E-state index in [0.717, 1.165) is 0 Å². The van der Waals surface area contributed by atoms with E-state index in [2.05, 4.69) is 4.74 Å². The van der Waals surface area contributed by atoms with Gasteiger partial charge >= 0.3 is 12.1 Å². The van der Waals surface area contributed by atoms with E-state index >= 15 is 0 Å². The molecule has 122 valence electrons. The van der Waals surface area contributed by atoms with Gasteiger partial charge in [0.05, 0.1) is 0 Å². The van der Waals surface area contributed by atoms with Crippen molar-refractivity contribution in [3.05, 3.63) is 35.9 Å². The smallest absolute Gasteiger partial charge is 0.407 e. The number of nitrogens with zero attached hydrogens (tertiary/aromatic N) is 1. The van der Waals surface area contributed by atoms with Gasteiger partial charge in [0, 0.05) is 37.6 Å². The van der Waals surface area contributed by atoms with Gasteiger partial charge in [-0.1, -0.05) is 12.1 Å². The average molecular weight is 319 g/mol. The molecule has 2 N–H and O–H groups in total. The second kappa shape index (κ2) is 6.29. The Morgan fingerprint density at radius 2 is 1.87 bits per heavy atom. The maximum atomic E-state index is 11.1. The van der Waals surface area contributed by atoms with Crippen LogP contribution in [0.5, 0.6) is 5.75 Å². The van der Waals surface area contributed by atoms with Gasteiger partial charge in [-0.25, -0.2) is 9.59 Å². The number of carbonyl (C=O) groups excluding carboxylic acids is 1. The van der Waals surface area contributed by atoms with E-state index in [-0.39, 0.29) is 6.10 Å². The number of piperidine rings is 1. The lowest BCUT2D eigenvalue weighted by molar-refractivity contribution is -0.149. The summed E-state index contributed by atoms with van der Waals surface area (Å²) in [5.41, 5.74) is 1.12. The standard InChI is InChI=1S/C16H17NO6/c18-14-9-13(15(19)23-14)10-1-3-11(4-2-10)22-12-5-7-17(8-6-12)16(20)21/h1-4,9,12,15,19H,5-8H2,(H,20,21). The molecular weight excluding hydrogens is 302 g/mol. The highest BCUT2D eigenvalue weighted by atomic mass is 16.6. The summed E-state index contributed by atoms with van der Waals surface area (Å²) >= 11 is 0. The molecule has 3 rings (SSSR count). The number of carboxylic acid groups (broad SMARTS) is 1. The number of ether oxygens (including phenoxy) is 2. The first kappa shape index (κ1) is 15.4. The number of amides is 1. The van der Waals surface area contributed by atoms with E-state index < -0.39 is 18.4 Å². The largest absolute Gasteiger partial charge is 0.490 e. The van der Waals surface area contributed by atoms with E-state index in [1.165, 1.54) is 11.0 Å². The summed E-state index contributed by atoms with van der Waals surface area (Å²) in [5, 5.41) is 18.5. The first-order chi connectivity index (χ1) is 11.0. The van der Waals surface area contributed by atoms with Crippen LogP contribution in [0.2, 0.25) is 0 Å². The molecule has 1 aromatic rings. The zero-order chi connectivity index (χ0) is 16.4. The summed E-state index contributed by atoms with van der Waals surface area (Å²) in [6.45, 7) is 0.938. The van der Waals surface area contributed by atoms with Crippen LogP contribution in [0.4, 0.5) is 4.79 Å². The Kier molecular flexibility index (Phi) is 4.20. The third kappa shape index (κ3) is 3.45. The Morgan fingerprint density at radius 1 is 1.22 bits per heavy atom. The van der Waals surface area contributed by atoms with E-state index in [1.807, 2.05) is 0 Å². The number of carbonyl (C=O) groups is 2. The third-order valence-electron chi connectivity index (χ3n) is 3.97. The molecule has 1 unspecified atom stereocenters. The molecule has 0 spiro atoms. The molecule has 1 aromatic carbocycles. The molecule has 0 aliphatic carbocycles. The molecule has 0 bridgehead atoms. The number of hydrogen-bond donors (Lipinski definition) is 2. The van der Waals surface area contributed by atoms with Crippen LogP contribution in [-0.2, 0) is 9.53 Å². The van der Waals surface area contributed by atoms with Crippen LogP contribution in [-0.4, -0.2) is 52.7 Å². The Labute approximate surface area is 132 Å². The number of aliphatic hydroxyl groups excluding tert-OH is 1. The molecule has 1 saturated heterocycles. The van der Waals surface area contributed by atoms with Crippen molar-refractivity contribution in [1.29, 1.82) is 0 Å². The highest BCUT2D eigenvalue weighted by Crippen LogP contribution is 2.27. The number of aliphatic hydroxyl groups is 1. The third-order valence-corrected chi connectivity index (χ3v) is 3.97. The van der Waals surface area contributed by atoms with Gasteiger partial charge in [0.2, 0.25) is 6.29 Å². The number of hydrogen-bond acceptors (Lipinski definition) is 5. The summed E-state index contributed by atoms with van der Waals surface area (Å²) in [6, 6.07) is 7.02. The number of cyclic esters (lactones) is 1. The topological polar surface area (TPSA) is 96.3 Å². The van der Waals surface area contributed by atoms with Gasteiger partial charge in [-0.05, 0) is 17.7 Å². The maximum Gasteiger partial charge on any atom is 0.407 e. The van der Waals surface area contributed by atoms with E-state index in [9.17, 15) is 14.7 Å². The van der Waals surface area contributed by atoms with Crippen molar-refractivity contribution >= 4 is 17.6 Å². The molecule has 2 aliphatic rings. The molecule has 1 amide bonds. The number of benzene rings is 1. The Balaban J connectivity index is 1.59. The second-order valence-corrected chi connectivity index (χ2v) is 5.50. The summed E-state index contributed by atoms with van der Waals surface area (Å²) in [7, 11) is 0. The average Bonchev–Trinajstić information content (AvgIpc) is 2.87. The van der Waals surface area contributed by atoms with Crippen molar-refractivity contribution in [3.63, 3.8) is 0 Å². The number of rotatable bonds is 3. The quantitative estimate of drug-likeness (QED) is 0.819. The van der Waals surface area contributed by atoms with Gasteiger partial charge in [0.1, 0.15) is 11.9 Å². The van der Waals surface area contributed by atoms with Gasteiger partial charge in [-0.15, -0.1) is 0 Å². The van der Waals surface area contributed by atoms with Gasteiger partial charge in [-0.3, -0.25) is 0 Å². The molecular formula is C16H17NO6. The normalized spacial score (nSPS) is 21.8. The van der Waals surface area contributed by atoms with Crippen molar-refractivity contribution in [2.75, 3.05) is 13.1 Å². The van der Waals surface area contributed by atoms with E-state index in [1.54, 1.807) is 24.3 Å². The van der Waals surface area contributed by atoms with Crippen LogP contribution in [0.1, 0.15) is 18.4 Å². The summed E-state index contributed by atoms with van der Waals surface area (Å²) in [4.78, 5) is 23.4. The summed E-state index contributed by atoms with van der Waals surface area (Å²) < 4.78 is 10.5. The van der Waals surface area contributed by atoms with Crippen LogP contribution in [0, 0.1) is 0 Å². The molecule has 2 heterocycles. The maximum absolute atomic E-state index is 11.1. The van der Waals surface area contributed by atoms with Crippen molar-refractivity contribution in [2.24, 2.45) is 0 Å².